The Morgan fingerprint density at radius 2 is 1.88 bits per heavy atom. The number of nitro benzene ring substituents is 1. The van der Waals surface area contributed by atoms with Gasteiger partial charge in [-0.25, -0.2) is 13.8 Å². The van der Waals surface area contributed by atoms with E-state index in [9.17, 15) is 28.5 Å². The molecule has 0 aromatic heterocycles. The largest absolute Gasteiger partial charge is 0.326 e. The maximum absolute atomic E-state index is 12.8. The number of nitrogens with one attached hydrogen (secondary N) is 1. The van der Waals surface area contributed by atoms with E-state index in [4.69, 9.17) is 0 Å². The second-order valence-corrected chi connectivity index (χ2v) is 5.24. The van der Waals surface area contributed by atoms with Gasteiger partial charge in [0, 0.05) is 17.0 Å². The zero-order valence-corrected chi connectivity index (χ0v) is 12.5. The van der Waals surface area contributed by atoms with Gasteiger partial charge in [-0.3, -0.25) is 19.7 Å². The molecule has 2 heterocycles. The molecule has 0 fully saturated rings. The standard InChI is InChI=1S/C8H3FN2O3.C8H6FNO/c9-5-1-4-2-7(12)10-8(4)6(3-5)11(13)14;9-6-1-2-7-5(3-6)4-8(11)10-7/h1-3H;1-3H,4H2,(H,10,11). The lowest BCUT2D eigenvalue weighted by Gasteiger charge is -1.95. The van der Waals surface area contributed by atoms with E-state index in [-0.39, 0.29) is 22.3 Å². The van der Waals surface area contributed by atoms with Crippen LogP contribution in [0.2, 0.25) is 0 Å². The fourth-order valence-electron chi connectivity index (χ4n) is 2.45. The Labute approximate surface area is 138 Å². The Morgan fingerprint density at radius 3 is 2.60 bits per heavy atom. The summed E-state index contributed by atoms with van der Waals surface area (Å²) in [6.45, 7) is 0. The van der Waals surface area contributed by atoms with Gasteiger partial charge in [0.25, 0.3) is 11.6 Å². The predicted octanol–water partition coefficient (Wildman–Crippen LogP) is 0.994. The Bertz CT molecular complexity index is 1050. The number of amides is 2. The summed E-state index contributed by atoms with van der Waals surface area (Å²) in [5.74, 6) is -1.71. The van der Waals surface area contributed by atoms with Crippen molar-refractivity contribution in [2.24, 2.45) is 4.99 Å². The van der Waals surface area contributed by atoms with Crippen LogP contribution in [-0.4, -0.2) is 16.7 Å². The Hall–Kier alpha value is -3.49. The van der Waals surface area contributed by atoms with E-state index < -0.39 is 22.3 Å². The van der Waals surface area contributed by atoms with Crippen LogP contribution in [0.1, 0.15) is 5.56 Å². The summed E-state index contributed by atoms with van der Waals surface area (Å²) in [5.41, 5.74) is 0.994. The molecule has 2 aromatic rings. The predicted molar refractivity (Wildman–Crippen MR) is 82.0 cm³/mol. The van der Waals surface area contributed by atoms with Gasteiger partial charge in [-0.2, -0.15) is 0 Å². The molecule has 0 bridgehead atoms. The first-order valence-corrected chi connectivity index (χ1v) is 7.00. The van der Waals surface area contributed by atoms with Crippen molar-refractivity contribution in [2.45, 2.75) is 6.42 Å². The van der Waals surface area contributed by atoms with Crippen molar-refractivity contribution in [3.63, 3.8) is 0 Å². The maximum Gasteiger partial charge on any atom is 0.298 e. The molecule has 2 aliphatic rings. The second kappa shape index (κ2) is 6.19. The molecule has 7 nitrogen and oxygen atoms in total. The molecule has 0 saturated heterocycles. The first-order chi connectivity index (χ1) is 11.8. The van der Waals surface area contributed by atoms with E-state index in [2.05, 4.69) is 10.3 Å². The maximum atomic E-state index is 12.8. The molecule has 0 spiro atoms. The number of rotatable bonds is 1. The van der Waals surface area contributed by atoms with Gasteiger partial charge >= 0.3 is 0 Å². The van der Waals surface area contributed by atoms with Crippen molar-refractivity contribution in [1.29, 1.82) is 0 Å². The average Bonchev–Trinajstić information content (AvgIpc) is 3.07. The lowest BCUT2D eigenvalue weighted by molar-refractivity contribution is -0.386. The molecule has 0 aliphatic carbocycles. The summed E-state index contributed by atoms with van der Waals surface area (Å²) in [4.78, 5) is 34.7. The minimum absolute atomic E-state index is 0.0643. The molecule has 0 radical (unpaired) electrons. The summed E-state index contributed by atoms with van der Waals surface area (Å²) < 4.78 is 25.4. The summed E-state index contributed by atoms with van der Waals surface area (Å²) in [6.07, 6.45) is 1.36. The average molecular weight is 345 g/mol. The summed E-state index contributed by atoms with van der Waals surface area (Å²) in [6, 6.07) is 6.08. The normalized spacial score (nSPS) is 13.7. The smallest absolute Gasteiger partial charge is 0.298 e. The molecular formula is C16H9F2N3O4. The fraction of sp³-hybridized carbons (Fsp3) is 0.0625. The molecule has 9 heteroatoms. The number of halogens is 2. The molecule has 1 N–H and O–H groups in total. The van der Waals surface area contributed by atoms with Crippen molar-refractivity contribution < 1.29 is 23.3 Å². The van der Waals surface area contributed by atoms with Gasteiger partial charge in [-0.05, 0) is 29.8 Å². The lowest BCUT2D eigenvalue weighted by atomic mass is 10.2. The van der Waals surface area contributed by atoms with Gasteiger partial charge in [0.1, 0.15) is 11.6 Å². The summed E-state index contributed by atoms with van der Waals surface area (Å²) in [5, 5.41) is 13.2. The number of fused-ring (bicyclic) bond motifs is 2. The molecule has 4 rings (SSSR count). The number of carbonyl (C=O) groups is 2. The Balaban J connectivity index is 0.000000150. The highest BCUT2D eigenvalue weighted by molar-refractivity contribution is 6.06. The lowest BCUT2D eigenvalue weighted by Crippen LogP contribution is -2.25. The number of nitrogens with zero attached hydrogens (tertiary/aromatic N) is 2. The van der Waals surface area contributed by atoms with Crippen LogP contribution in [-0.2, 0) is 16.0 Å². The zero-order valence-electron chi connectivity index (χ0n) is 12.5. The van der Waals surface area contributed by atoms with Crippen LogP contribution in [0.3, 0.4) is 0 Å². The van der Waals surface area contributed by atoms with E-state index in [1.165, 1.54) is 12.1 Å². The van der Waals surface area contributed by atoms with Gasteiger partial charge in [0.15, 0.2) is 5.36 Å². The van der Waals surface area contributed by atoms with Crippen molar-refractivity contribution in [2.75, 3.05) is 5.32 Å². The topological polar surface area (TPSA) is 102 Å². The molecule has 0 saturated carbocycles. The van der Waals surface area contributed by atoms with Crippen molar-refractivity contribution in [3.05, 3.63) is 68.2 Å². The molecule has 2 aromatic carbocycles. The van der Waals surface area contributed by atoms with Gasteiger partial charge in [0.2, 0.25) is 5.91 Å². The quantitative estimate of drug-likeness (QED) is 0.615. The van der Waals surface area contributed by atoms with Crippen molar-refractivity contribution in [1.82, 2.24) is 0 Å². The highest BCUT2D eigenvalue weighted by atomic mass is 19.1. The third-order valence-corrected chi connectivity index (χ3v) is 3.47. The third kappa shape index (κ3) is 3.39. The van der Waals surface area contributed by atoms with Gasteiger partial charge < -0.3 is 5.32 Å². The number of carbonyl (C=O) groups excluding carboxylic acids is 2. The highest BCUT2D eigenvalue weighted by Gasteiger charge is 2.18. The number of hydrogen-bond acceptors (Lipinski definition) is 4. The molecule has 0 atom stereocenters. The second-order valence-electron chi connectivity index (χ2n) is 5.24. The fourth-order valence-corrected chi connectivity index (χ4v) is 2.45. The molecule has 0 unspecified atom stereocenters. The number of non-ortho nitro benzene ring substituents is 1. The van der Waals surface area contributed by atoms with E-state index in [0.717, 1.165) is 29.5 Å². The van der Waals surface area contributed by atoms with Crippen LogP contribution in [0.4, 0.5) is 20.2 Å². The first kappa shape index (κ1) is 16.4. The molecule has 2 amide bonds. The van der Waals surface area contributed by atoms with Crippen LogP contribution >= 0.6 is 0 Å². The van der Waals surface area contributed by atoms with Crippen LogP contribution in [0.25, 0.3) is 6.08 Å². The summed E-state index contributed by atoms with van der Waals surface area (Å²) >= 11 is 0. The Kier molecular flexibility index (Phi) is 4.05. The van der Waals surface area contributed by atoms with Gasteiger partial charge in [-0.15, -0.1) is 0 Å². The summed E-state index contributed by atoms with van der Waals surface area (Å²) in [7, 11) is 0. The number of benzene rings is 2. The van der Waals surface area contributed by atoms with Crippen LogP contribution in [0.15, 0.2) is 35.3 Å². The van der Waals surface area contributed by atoms with Crippen LogP contribution < -0.4 is 15.9 Å². The van der Waals surface area contributed by atoms with Gasteiger partial charge in [-0.1, -0.05) is 0 Å². The SMILES string of the molecule is O=C1C=c2cc(F)cc([N+](=O)[O-])c2=N1.O=C1Cc2cc(F)ccc2N1. The molecule has 2 aliphatic heterocycles. The van der Waals surface area contributed by atoms with E-state index >= 15 is 0 Å². The van der Waals surface area contributed by atoms with Gasteiger partial charge in [0.05, 0.1) is 17.4 Å². The molecular weight excluding hydrogens is 336 g/mol. The first-order valence-electron chi connectivity index (χ1n) is 7.00. The zero-order chi connectivity index (χ0) is 18.1. The minimum Gasteiger partial charge on any atom is -0.326 e. The van der Waals surface area contributed by atoms with E-state index in [0.29, 0.717) is 6.42 Å². The third-order valence-electron chi connectivity index (χ3n) is 3.47. The van der Waals surface area contributed by atoms with Crippen LogP contribution in [0.5, 0.6) is 0 Å². The van der Waals surface area contributed by atoms with Crippen molar-refractivity contribution >= 4 is 29.3 Å². The molecule has 126 valence electrons. The van der Waals surface area contributed by atoms with Crippen LogP contribution in [0, 0.1) is 21.7 Å². The Morgan fingerprint density at radius 1 is 1.12 bits per heavy atom. The van der Waals surface area contributed by atoms with E-state index in [1.54, 1.807) is 6.07 Å². The minimum atomic E-state index is -0.766. The number of anilines is 1. The highest BCUT2D eigenvalue weighted by Crippen LogP contribution is 2.22. The van der Waals surface area contributed by atoms with Crippen molar-refractivity contribution in [3.8, 4) is 0 Å². The number of nitro groups is 1. The monoisotopic (exact) mass is 345 g/mol. The number of hydrogen-bond donors (Lipinski definition) is 1. The van der Waals surface area contributed by atoms with E-state index in [1.807, 2.05) is 0 Å². The molecule has 25 heavy (non-hydrogen) atoms.